The zero-order valence-corrected chi connectivity index (χ0v) is 11.5. The quantitative estimate of drug-likeness (QED) is 0.609. The molecule has 0 bridgehead atoms. The standard InChI is InChI=1S/C14H17ClO3/c1-17-13-11(15)8-9-6-4-3-5-7-10(9)12(13)14(16)18-2/h8H,3-7H2,1-2H3. The van der Waals surface area contributed by atoms with Crippen molar-refractivity contribution in [2.45, 2.75) is 32.1 Å². The van der Waals surface area contributed by atoms with Crippen molar-refractivity contribution in [1.82, 2.24) is 0 Å². The number of carbonyl (C=O) groups excluding carboxylic acids is 1. The van der Waals surface area contributed by atoms with Gasteiger partial charge in [0.25, 0.3) is 0 Å². The second kappa shape index (κ2) is 5.61. The number of carbonyl (C=O) groups is 1. The molecular formula is C14H17ClO3. The van der Waals surface area contributed by atoms with Crippen molar-refractivity contribution >= 4 is 17.6 Å². The molecule has 0 atom stereocenters. The topological polar surface area (TPSA) is 35.5 Å². The zero-order chi connectivity index (χ0) is 13.1. The Hall–Kier alpha value is -1.22. The maximum atomic E-state index is 12.0. The van der Waals surface area contributed by atoms with Crippen LogP contribution < -0.4 is 4.74 Å². The summed E-state index contributed by atoms with van der Waals surface area (Å²) in [6, 6.07) is 1.92. The SMILES string of the molecule is COC(=O)c1c2c(cc(Cl)c1OC)CCCCC2. The van der Waals surface area contributed by atoms with Gasteiger partial charge in [0.2, 0.25) is 0 Å². The molecule has 1 aromatic rings. The molecule has 0 saturated heterocycles. The average Bonchev–Trinajstić information content (AvgIpc) is 2.61. The van der Waals surface area contributed by atoms with E-state index in [9.17, 15) is 4.79 Å². The molecule has 0 spiro atoms. The lowest BCUT2D eigenvalue weighted by molar-refractivity contribution is 0.0595. The van der Waals surface area contributed by atoms with Gasteiger partial charge in [-0.05, 0) is 42.9 Å². The fourth-order valence-corrected chi connectivity index (χ4v) is 2.85. The van der Waals surface area contributed by atoms with Gasteiger partial charge in [-0.2, -0.15) is 0 Å². The Kier molecular flexibility index (Phi) is 4.12. The number of aryl methyl sites for hydroxylation is 1. The van der Waals surface area contributed by atoms with E-state index in [0.29, 0.717) is 16.3 Å². The first-order valence-corrected chi connectivity index (χ1v) is 6.53. The minimum atomic E-state index is -0.368. The van der Waals surface area contributed by atoms with Gasteiger partial charge >= 0.3 is 5.97 Å². The van der Waals surface area contributed by atoms with E-state index in [1.165, 1.54) is 20.6 Å². The van der Waals surface area contributed by atoms with E-state index in [2.05, 4.69) is 0 Å². The maximum absolute atomic E-state index is 12.0. The van der Waals surface area contributed by atoms with Crippen molar-refractivity contribution in [2.75, 3.05) is 14.2 Å². The largest absolute Gasteiger partial charge is 0.494 e. The predicted octanol–water partition coefficient (Wildman–Crippen LogP) is 3.40. The molecule has 0 unspecified atom stereocenters. The highest BCUT2D eigenvalue weighted by Crippen LogP contribution is 2.37. The zero-order valence-electron chi connectivity index (χ0n) is 10.7. The van der Waals surface area contributed by atoms with Crippen molar-refractivity contribution in [3.63, 3.8) is 0 Å². The Morgan fingerprint density at radius 3 is 2.61 bits per heavy atom. The summed E-state index contributed by atoms with van der Waals surface area (Å²) in [7, 11) is 2.91. The monoisotopic (exact) mass is 268 g/mol. The second-order valence-electron chi connectivity index (χ2n) is 4.46. The summed E-state index contributed by atoms with van der Waals surface area (Å²) < 4.78 is 10.1. The van der Waals surface area contributed by atoms with Crippen LogP contribution in [-0.4, -0.2) is 20.2 Å². The molecule has 0 N–H and O–H groups in total. The highest BCUT2D eigenvalue weighted by molar-refractivity contribution is 6.32. The van der Waals surface area contributed by atoms with Crippen LogP contribution in [0.25, 0.3) is 0 Å². The van der Waals surface area contributed by atoms with E-state index in [1.807, 2.05) is 6.07 Å². The molecule has 0 fully saturated rings. The Bertz CT molecular complexity index is 469. The molecular weight excluding hydrogens is 252 g/mol. The fraction of sp³-hybridized carbons (Fsp3) is 0.500. The second-order valence-corrected chi connectivity index (χ2v) is 4.86. The first-order valence-electron chi connectivity index (χ1n) is 6.15. The molecule has 2 rings (SSSR count). The van der Waals surface area contributed by atoms with Gasteiger partial charge in [-0.15, -0.1) is 0 Å². The van der Waals surface area contributed by atoms with Crippen LogP contribution in [0.5, 0.6) is 5.75 Å². The summed E-state index contributed by atoms with van der Waals surface area (Å²) in [6.07, 6.45) is 5.24. The minimum Gasteiger partial charge on any atom is -0.494 e. The molecule has 0 radical (unpaired) electrons. The third-order valence-corrected chi connectivity index (χ3v) is 3.68. The summed E-state index contributed by atoms with van der Waals surface area (Å²) in [5, 5.41) is 0.485. The van der Waals surface area contributed by atoms with Crippen molar-refractivity contribution in [2.24, 2.45) is 0 Å². The number of methoxy groups -OCH3 is 2. The molecule has 0 saturated carbocycles. The lowest BCUT2D eigenvalue weighted by atomic mass is 9.96. The van der Waals surface area contributed by atoms with Gasteiger partial charge in [-0.3, -0.25) is 0 Å². The van der Waals surface area contributed by atoms with E-state index >= 15 is 0 Å². The average molecular weight is 269 g/mol. The number of hydrogen-bond acceptors (Lipinski definition) is 3. The molecule has 98 valence electrons. The Morgan fingerprint density at radius 2 is 1.94 bits per heavy atom. The van der Waals surface area contributed by atoms with Crippen molar-refractivity contribution in [1.29, 1.82) is 0 Å². The number of esters is 1. The first-order chi connectivity index (χ1) is 8.69. The van der Waals surface area contributed by atoms with Crippen LogP contribution in [0.2, 0.25) is 5.02 Å². The number of halogens is 1. The highest BCUT2D eigenvalue weighted by atomic mass is 35.5. The van der Waals surface area contributed by atoms with Crippen LogP contribution in [-0.2, 0) is 17.6 Å². The van der Waals surface area contributed by atoms with E-state index < -0.39 is 0 Å². The van der Waals surface area contributed by atoms with Gasteiger partial charge in [-0.1, -0.05) is 18.0 Å². The molecule has 4 heteroatoms. The number of fused-ring (bicyclic) bond motifs is 1. The lowest BCUT2D eigenvalue weighted by Crippen LogP contribution is -2.10. The van der Waals surface area contributed by atoms with E-state index in [0.717, 1.165) is 36.8 Å². The fourth-order valence-electron chi connectivity index (χ4n) is 2.54. The molecule has 1 aromatic carbocycles. The third-order valence-electron chi connectivity index (χ3n) is 3.40. The Morgan fingerprint density at radius 1 is 1.22 bits per heavy atom. The molecule has 18 heavy (non-hydrogen) atoms. The molecule has 1 aliphatic rings. The van der Waals surface area contributed by atoms with Gasteiger partial charge in [0.05, 0.1) is 19.2 Å². The van der Waals surface area contributed by atoms with Crippen LogP contribution in [0, 0.1) is 0 Å². The normalized spacial score (nSPS) is 14.6. The minimum absolute atomic E-state index is 0.368. The van der Waals surface area contributed by atoms with E-state index in [-0.39, 0.29) is 5.97 Å². The third kappa shape index (κ3) is 2.32. The summed E-state index contributed by atoms with van der Waals surface area (Å²) in [4.78, 5) is 12.0. The number of ether oxygens (including phenoxy) is 2. The summed E-state index contributed by atoms with van der Waals surface area (Å²) >= 11 is 6.19. The van der Waals surface area contributed by atoms with Crippen LogP contribution in [0.1, 0.15) is 40.7 Å². The van der Waals surface area contributed by atoms with Crippen LogP contribution in [0.3, 0.4) is 0 Å². The van der Waals surface area contributed by atoms with Gasteiger partial charge in [0, 0.05) is 0 Å². The van der Waals surface area contributed by atoms with Crippen LogP contribution in [0.15, 0.2) is 6.07 Å². The summed E-state index contributed by atoms with van der Waals surface area (Å²) in [5.74, 6) is 0.0664. The van der Waals surface area contributed by atoms with E-state index in [4.69, 9.17) is 21.1 Å². The number of hydrogen-bond donors (Lipinski definition) is 0. The molecule has 0 aromatic heterocycles. The highest BCUT2D eigenvalue weighted by Gasteiger charge is 2.24. The Labute approximate surface area is 112 Å². The van der Waals surface area contributed by atoms with Crippen molar-refractivity contribution in [3.8, 4) is 5.75 Å². The summed E-state index contributed by atoms with van der Waals surface area (Å²) in [5.41, 5.74) is 2.70. The molecule has 1 aliphatic carbocycles. The van der Waals surface area contributed by atoms with E-state index in [1.54, 1.807) is 0 Å². The lowest BCUT2D eigenvalue weighted by Gasteiger charge is -2.16. The molecule has 0 amide bonds. The van der Waals surface area contributed by atoms with Gasteiger partial charge in [-0.25, -0.2) is 4.79 Å². The summed E-state index contributed by atoms with van der Waals surface area (Å²) in [6.45, 7) is 0. The van der Waals surface area contributed by atoms with Crippen LogP contribution in [0.4, 0.5) is 0 Å². The maximum Gasteiger partial charge on any atom is 0.341 e. The van der Waals surface area contributed by atoms with Gasteiger partial charge in [0.15, 0.2) is 5.75 Å². The molecule has 0 aliphatic heterocycles. The predicted molar refractivity (Wildman–Crippen MR) is 70.6 cm³/mol. The molecule has 0 heterocycles. The van der Waals surface area contributed by atoms with Crippen molar-refractivity contribution in [3.05, 3.63) is 27.8 Å². The number of benzene rings is 1. The smallest absolute Gasteiger partial charge is 0.341 e. The van der Waals surface area contributed by atoms with Crippen LogP contribution >= 0.6 is 11.6 Å². The van der Waals surface area contributed by atoms with Gasteiger partial charge in [0.1, 0.15) is 5.56 Å². The molecule has 3 nitrogen and oxygen atoms in total. The Balaban J connectivity index is 2.64. The number of rotatable bonds is 2. The first kappa shape index (κ1) is 13.2. The van der Waals surface area contributed by atoms with Crippen molar-refractivity contribution < 1.29 is 14.3 Å². The van der Waals surface area contributed by atoms with Gasteiger partial charge < -0.3 is 9.47 Å².